The third-order valence-electron chi connectivity index (χ3n) is 11.5. The first-order valence-corrected chi connectivity index (χ1v) is 20.0. The van der Waals surface area contributed by atoms with Crippen LogP contribution in [0.5, 0.6) is 11.5 Å². The molecule has 0 amide bonds. The number of para-hydroxylation sites is 1. The van der Waals surface area contributed by atoms with Gasteiger partial charge in [-0.15, -0.1) is 0 Å². The van der Waals surface area contributed by atoms with Crippen LogP contribution in [-0.2, 0) is 23.7 Å². The number of benzene rings is 3. The van der Waals surface area contributed by atoms with Crippen LogP contribution in [0.3, 0.4) is 0 Å². The molecular weight excluding hydrogens is 649 g/mol. The first-order chi connectivity index (χ1) is 25.4. The van der Waals surface area contributed by atoms with Crippen LogP contribution in [-0.4, -0.2) is 19.3 Å². The summed E-state index contributed by atoms with van der Waals surface area (Å²) in [5.41, 5.74) is 11.3. The molecule has 6 aromatic rings. The lowest BCUT2D eigenvalue weighted by atomic mass is 9.71. The van der Waals surface area contributed by atoms with E-state index in [2.05, 4.69) is 157 Å². The van der Waals surface area contributed by atoms with Gasteiger partial charge in [-0.1, -0.05) is 106 Å². The predicted octanol–water partition coefficient (Wildman–Crippen LogP) is 13.1. The van der Waals surface area contributed by atoms with E-state index < -0.39 is 0 Å². The van der Waals surface area contributed by atoms with Gasteiger partial charge in [0.1, 0.15) is 17.3 Å². The Morgan fingerprint density at radius 1 is 0.736 bits per heavy atom. The number of ether oxygens (including phenoxy) is 1. The van der Waals surface area contributed by atoms with Crippen LogP contribution >= 0.6 is 0 Å². The SMILES string of the molecule is CCC1=CCC[C@H](CC)C1c1c(CC)nn(-c2cc(Oc3ccc4c5ccccc5n(-c5cc(C(C)(C)C)ccn5)c4c3)cc(C(C)(C)C)c2)c1CC. The summed E-state index contributed by atoms with van der Waals surface area (Å²) in [5.74, 6) is 3.62. The summed E-state index contributed by atoms with van der Waals surface area (Å²) in [6, 6.07) is 26.1. The minimum absolute atomic E-state index is 0.00841. The highest BCUT2D eigenvalue weighted by atomic mass is 16.5. The van der Waals surface area contributed by atoms with Gasteiger partial charge in [0.25, 0.3) is 0 Å². The van der Waals surface area contributed by atoms with Gasteiger partial charge in [-0.05, 0) is 102 Å². The van der Waals surface area contributed by atoms with E-state index in [0.717, 1.165) is 53.3 Å². The lowest BCUT2D eigenvalue weighted by molar-refractivity contribution is 0.392. The van der Waals surface area contributed by atoms with Crippen molar-refractivity contribution in [2.75, 3.05) is 0 Å². The summed E-state index contributed by atoms with van der Waals surface area (Å²) in [6.07, 6.45) is 11.0. The largest absolute Gasteiger partial charge is 0.457 e. The van der Waals surface area contributed by atoms with Crippen LogP contribution in [0.25, 0.3) is 33.3 Å². The Balaban J connectivity index is 1.36. The molecule has 0 aliphatic heterocycles. The van der Waals surface area contributed by atoms with E-state index in [4.69, 9.17) is 14.8 Å². The molecule has 0 saturated heterocycles. The zero-order valence-corrected chi connectivity index (χ0v) is 33.7. The Labute approximate surface area is 317 Å². The fourth-order valence-electron chi connectivity index (χ4n) is 8.60. The molecule has 5 nitrogen and oxygen atoms in total. The van der Waals surface area contributed by atoms with E-state index in [9.17, 15) is 0 Å². The minimum atomic E-state index is -0.0843. The standard InChI is InChI=1S/C48H58N4O/c1-11-31-18-17-19-32(12-2)45(31)46-40(13-3)50-52(41(46)14-4)35-26-34(48(8,9)10)27-37(29-35)53-36-22-23-39-38-20-15-16-21-42(38)51(43(39)30-36)44-28-33(24-25-49-44)47(5,6)7/h15-16,18,20-30,32,45H,11-14,17,19H2,1-10H3/t32-,45?/m0/s1. The van der Waals surface area contributed by atoms with Gasteiger partial charge >= 0.3 is 0 Å². The van der Waals surface area contributed by atoms with E-state index in [1.165, 1.54) is 58.1 Å². The van der Waals surface area contributed by atoms with Crippen molar-refractivity contribution in [1.82, 2.24) is 19.3 Å². The van der Waals surface area contributed by atoms with Crippen LogP contribution in [0.4, 0.5) is 0 Å². The summed E-state index contributed by atoms with van der Waals surface area (Å²) < 4.78 is 11.4. The Morgan fingerprint density at radius 3 is 2.19 bits per heavy atom. The Kier molecular flexibility index (Phi) is 9.91. The van der Waals surface area contributed by atoms with E-state index in [1.807, 2.05) is 6.20 Å². The molecule has 5 heteroatoms. The maximum atomic E-state index is 6.89. The van der Waals surface area contributed by atoms with E-state index in [0.29, 0.717) is 11.8 Å². The summed E-state index contributed by atoms with van der Waals surface area (Å²) in [5, 5.41) is 7.79. The van der Waals surface area contributed by atoms with Gasteiger partial charge in [0, 0.05) is 46.3 Å². The molecule has 3 aromatic carbocycles. The highest BCUT2D eigenvalue weighted by Crippen LogP contribution is 2.45. The summed E-state index contributed by atoms with van der Waals surface area (Å²) in [6.45, 7) is 22.8. The molecule has 276 valence electrons. The molecule has 3 aromatic heterocycles. The molecule has 0 spiro atoms. The number of nitrogens with zero attached hydrogens (tertiary/aromatic N) is 4. The van der Waals surface area contributed by atoms with Crippen LogP contribution < -0.4 is 4.74 Å². The van der Waals surface area contributed by atoms with E-state index in [-0.39, 0.29) is 10.8 Å². The van der Waals surface area contributed by atoms with Gasteiger partial charge in [0.2, 0.25) is 0 Å². The van der Waals surface area contributed by atoms with E-state index in [1.54, 1.807) is 5.57 Å². The maximum Gasteiger partial charge on any atom is 0.137 e. The van der Waals surface area contributed by atoms with Crippen LogP contribution in [0, 0.1) is 5.92 Å². The Morgan fingerprint density at radius 2 is 1.49 bits per heavy atom. The van der Waals surface area contributed by atoms with Crippen molar-refractivity contribution in [3.05, 3.63) is 119 Å². The van der Waals surface area contributed by atoms with Gasteiger partial charge in [0.15, 0.2) is 0 Å². The topological polar surface area (TPSA) is 44.9 Å². The lowest BCUT2D eigenvalue weighted by Crippen LogP contribution is -2.20. The third-order valence-corrected chi connectivity index (χ3v) is 11.5. The van der Waals surface area contributed by atoms with Crippen LogP contribution in [0.1, 0.15) is 129 Å². The molecule has 1 aliphatic carbocycles. The molecule has 2 atom stereocenters. The van der Waals surface area contributed by atoms with Crippen molar-refractivity contribution >= 4 is 21.8 Å². The van der Waals surface area contributed by atoms with Gasteiger partial charge in [0.05, 0.1) is 22.4 Å². The highest BCUT2D eigenvalue weighted by molar-refractivity contribution is 6.09. The number of fused-ring (bicyclic) bond motifs is 3. The maximum absolute atomic E-state index is 6.89. The van der Waals surface area contributed by atoms with Gasteiger partial charge in [-0.3, -0.25) is 4.57 Å². The normalized spacial score (nSPS) is 16.8. The Bertz CT molecular complexity index is 2300. The summed E-state index contributed by atoms with van der Waals surface area (Å²) >= 11 is 0. The smallest absolute Gasteiger partial charge is 0.137 e. The molecule has 53 heavy (non-hydrogen) atoms. The van der Waals surface area contributed by atoms with Crippen molar-refractivity contribution < 1.29 is 4.74 Å². The molecule has 0 bridgehead atoms. The molecular formula is C48H58N4O. The number of rotatable bonds is 9. The van der Waals surface area contributed by atoms with Gasteiger partial charge in [-0.2, -0.15) is 5.10 Å². The summed E-state index contributed by atoms with van der Waals surface area (Å²) in [7, 11) is 0. The fraction of sp³-hybridized carbons (Fsp3) is 0.417. The number of aryl methyl sites for hydroxylation is 1. The fourth-order valence-corrected chi connectivity index (χ4v) is 8.60. The van der Waals surface area contributed by atoms with Crippen molar-refractivity contribution in [2.24, 2.45) is 5.92 Å². The summed E-state index contributed by atoms with van der Waals surface area (Å²) in [4.78, 5) is 4.89. The Hall–Kier alpha value is -4.64. The van der Waals surface area contributed by atoms with Gasteiger partial charge in [-0.25, -0.2) is 9.67 Å². The quantitative estimate of drug-likeness (QED) is 0.141. The van der Waals surface area contributed by atoms with Crippen molar-refractivity contribution in [2.45, 2.75) is 125 Å². The first kappa shape index (κ1) is 36.7. The van der Waals surface area contributed by atoms with E-state index >= 15 is 0 Å². The monoisotopic (exact) mass is 706 g/mol. The molecule has 1 aliphatic rings. The average molecular weight is 707 g/mol. The second-order valence-electron chi connectivity index (χ2n) is 17.0. The zero-order chi connectivity index (χ0) is 37.7. The molecule has 0 fully saturated rings. The van der Waals surface area contributed by atoms with Crippen LogP contribution in [0.2, 0.25) is 0 Å². The van der Waals surface area contributed by atoms with Crippen LogP contribution in [0.15, 0.2) is 90.6 Å². The number of hydrogen-bond acceptors (Lipinski definition) is 3. The first-order valence-electron chi connectivity index (χ1n) is 20.0. The zero-order valence-electron chi connectivity index (χ0n) is 33.7. The number of allylic oxidation sites excluding steroid dienone is 2. The molecule has 0 saturated carbocycles. The van der Waals surface area contributed by atoms with Gasteiger partial charge < -0.3 is 4.74 Å². The van der Waals surface area contributed by atoms with Crippen molar-refractivity contribution in [1.29, 1.82) is 0 Å². The molecule has 0 radical (unpaired) electrons. The van der Waals surface area contributed by atoms with Crippen molar-refractivity contribution in [3.63, 3.8) is 0 Å². The molecule has 1 unspecified atom stereocenters. The van der Waals surface area contributed by atoms with Crippen molar-refractivity contribution in [3.8, 4) is 23.0 Å². The highest BCUT2D eigenvalue weighted by Gasteiger charge is 2.33. The number of hydrogen-bond donors (Lipinski definition) is 0. The molecule has 7 rings (SSSR count). The second-order valence-corrected chi connectivity index (χ2v) is 17.0. The third kappa shape index (κ3) is 6.84. The minimum Gasteiger partial charge on any atom is -0.457 e. The molecule has 0 N–H and O–H groups in total. The predicted molar refractivity (Wildman–Crippen MR) is 222 cm³/mol. The second kappa shape index (κ2) is 14.3. The average Bonchev–Trinajstić information content (AvgIpc) is 3.68. The number of aromatic nitrogens is 4. The number of pyridine rings is 1. The molecule has 3 heterocycles. The lowest BCUT2D eigenvalue weighted by Gasteiger charge is -2.33.